The van der Waals surface area contributed by atoms with E-state index in [-0.39, 0.29) is 19.0 Å². The number of hydrogen-bond acceptors (Lipinski definition) is 5. The molecule has 1 heterocycles. The summed E-state index contributed by atoms with van der Waals surface area (Å²) in [4.78, 5) is 4.21. The molecule has 0 bridgehead atoms. The van der Waals surface area contributed by atoms with Crippen molar-refractivity contribution in [1.82, 2.24) is 10.1 Å². The monoisotopic (exact) mass is 314 g/mol. The second-order valence-corrected chi connectivity index (χ2v) is 4.85. The van der Waals surface area contributed by atoms with Gasteiger partial charge in [0.1, 0.15) is 24.8 Å². The van der Waals surface area contributed by atoms with Crippen LogP contribution in [-0.2, 0) is 18.0 Å². The molecule has 0 saturated heterocycles. The molecule has 3 rings (SSSR count). The number of nitrogens with zero attached hydrogens (tertiary/aromatic N) is 2. The topological polar surface area (TPSA) is 57.4 Å². The third-order valence-corrected chi connectivity index (χ3v) is 3.20. The van der Waals surface area contributed by atoms with Crippen molar-refractivity contribution in [2.45, 2.75) is 13.2 Å². The molecule has 0 saturated carbocycles. The van der Waals surface area contributed by atoms with E-state index in [4.69, 9.17) is 14.0 Å². The van der Waals surface area contributed by atoms with Crippen LogP contribution in [0.25, 0.3) is 11.4 Å². The first kappa shape index (κ1) is 15.2. The first-order chi connectivity index (χ1) is 11.3. The van der Waals surface area contributed by atoms with Crippen LogP contribution in [0.1, 0.15) is 11.5 Å². The first-order valence-electron chi connectivity index (χ1n) is 7.04. The van der Waals surface area contributed by atoms with E-state index < -0.39 is 0 Å². The zero-order valence-electron chi connectivity index (χ0n) is 12.5. The molecule has 0 aliphatic rings. The van der Waals surface area contributed by atoms with Crippen LogP contribution in [0, 0.1) is 5.82 Å². The summed E-state index contributed by atoms with van der Waals surface area (Å²) in [5.74, 6) is 1.26. The average molecular weight is 314 g/mol. The fraction of sp³-hybridized carbons (Fsp3) is 0.176. The van der Waals surface area contributed by atoms with E-state index in [1.807, 2.05) is 12.1 Å². The highest BCUT2D eigenvalue weighted by Crippen LogP contribution is 2.21. The van der Waals surface area contributed by atoms with Crippen LogP contribution in [0.15, 0.2) is 53.1 Å². The third kappa shape index (κ3) is 3.73. The molecule has 0 spiro atoms. The summed E-state index contributed by atoms with van der Waals surface area (Å²) in [6.07, 6.45) is 0. The van der Waals surface area contributed by atoms with E-state index in [1.165, 1.54) is 6.07 Å². The maximum Gasteiger partial charge on any atom is 0.252 e. The fourth-order valence-electron chi connectivity index (χ4n) is 2.03. The zero-order chi connectivity index (χ0) is 16.1. The molecule has 0 amide bonds. The van der Waals surface area contributed by atoms with Crippen molar-refractivity contribution >= 4 is 0 Å². The number of benzene rings is 2. The number of halogens is 1. The third-order valence-electron chi connectivity index (χ3n) is 3.20. The highest BCUT2D eigenvalue weighted by Gasteiger charge is 2.08. The lowest BCUT2D eigenvalue weighted by Crippen LogP contribution is -1.98. The minimum Gasteiger partial charge on any atom is -0.489 e. The molecule has 0 atom stereocenters. The minimum absolute atomic E-state index is 0.173. The van der Waals surface area contributed by atoms with Gasteiger partial charge in [-0.25, -0.2) is 4.39 Å². The molecule has 23 heavy (non-hydrogen) atoms. The van der Waals surface area contributed by atoms with Gasteiger partial charge in [-0.05, 0) is 30.3 Å². The maximum absolute atomic E-state index is 13.5. The van der Waals surface area contributed by atoms with Crippen molar-refractivity contribution < 1.29 is 18.4 Å². The van der Waals surface area contributed by atoms with Gasteiger partial charge in [0.15, 0.2) is 0 Å². The predicted molar refractivity (Wildman–Crippen MR) is 81.2 cm³/mol. The highest BCUT2D eigenvalue weighted by atomic mass is 19.1. The van der Waals surface area contributed by atoms with Gasteiger partial charge >= 0.3 is 0 Å². The SMILES string of the molecule is COCc1nc(-c2ccc(OCc3ccccc3F)cc2)no1. The Balaban J connectivity index is 1.66. The van der Waals surface area contributed by atoms with Gasteiger partial charge in [-0.2, -0.15) is 4.98 Å². The van der Waals surface area contributed by atoms with Crippen molar-refractivity contribution in [2.24, 2.45) is 0 Å². The normalized spacial score (nSPS) is 10.7. The molecule has 2 aromatic carbocycles. The molecule has 1 aromatic heterocycles. The van der Waals surface area contributed by atoms with Crippen molar-refractivity contribution in [3.05, 3.63) is 65.8 Å². The lowest BCUT2D eigenvalue weighted by atomic mass is 10.2. The van der Waals surface area contributed by atoms with Crippen LogP contribution in [0.5, 0.6) is 5.75 Å². The Hall–Kier alpha value is -2.73. The number of aromatic nitrogens is 2. The van der Waals surface area contributed by atoms with Gasteiger partial charge in [0, 0.05) is 18.2 Å². The van der Waals surface area contributed by atoms with Crippen LogP contribution >= 0.6 is 0 Å². The van der Waals surface area contributed by atoms with Crippen molar-refractivity contribution in [3.63, 3.8) is 0 Å². The highest BCUT2D eigenvalue weighted by molar-refractivity contribution is 5.55. The molecule has 6 heteroatoms. The standard InChI is InChI=1S/C17H15FN2O3/c1-21-11-16-19-17(20-23-16)12-6-8-14(9-7-12)22-10-13-4-2-3-5-15(13)18/h2-9H,10-11H2,1H3. The summed E-state index contributed by atoms with van der Waals surface area (Å²) in [6, 6.07) is 13.7. The second kappa shape index (κ2) is 7.02. The Kier molecular flexibility index (Phi) is 4.63. The Morgan fingerprint density at radius 1 is 1.04 bits per heavy atom. The molecule has 0 unspecified atom stereocenters. The quantitative estimate of drug-likeness (QED) is 0.696. The molecule has 118 valence electrons. The van der Waals surface area contributed by atoms with E-state index in [0.717, 1.165) is 5.56 Å². The van der Waals surface area contributed by atoms with E-state index in [9.17, 15) is 4.39 Å². The number of hydrogen-bond donors (Lipinski definition) is 0. The van der Waals surface area contributed by atoms with Crippen LogP contribution in [0.3, 0.4) is 0 Å². The second-order valence-electron chi connectivity index (χ2n) is 4.85. The number of ether oxygens (including phenoxy) is 2. The van der Waals surface area contributed by atoms with Crippen molar-refractivity contribution in [2.75, 3.05) is 7.11 Å². The summed E-state index contributed by atoms with van der Waals surface area (Å²) in [6.45, 7) is 0.447. The Bertz CT molecular complexity index is 772. The molecular weight excluding hydrogens is 299 g/mol. The van der Waals surface area contributed by atoms with E-state index in [1.54, 1.807) is 37.4 Å². The van der Waals surface area contributed by atoms with Gasteiger partial charge in [0.2, 0.25) is 5.82 Å². The van der Waals surface area contributed by atoms with Gasteiger partial charge in [0.25, 0.3) is 5.89 Å². The summed E-state index contributed by atoms with van der Waals surface area (Å²) in [5.41, 5.74) is 1.31. The van der Waals surface area contributed by atoms with E-state index in [2.05, 4.69) is 10.1 Å². The van der Waals surface area contributed by atoms with Gasteiger partial charge < -0.3 is 14.0 Å². The summed E-state index contributed by atoms with van der Waals surface area (Å²) < 4.78 is 29.1. The largest absolute Gasteiger partial charge is 0.489 e. The first-order valence-corrected chi connectivity index (χ1v) is 7.04. The van der Waals surface area contributed by atoms with Gasteiger partial charge in [0.05, 0.1) is 0 Å². The Morgan fingerprint density at radius 2 is 1.83 bits per heavy atom. The fourth-order valence-corrected chi connectivity index (χ4v) is 2.03. The zero-order valence-corrected chi connectivity index (χ0v) is 12.5. The summed E-state index contributed by atoms with van der Waals surface area (Å²) >= 11 is 0. The van der Waals surface area contributed by atoms with Crippen LogP contribution in [0.2, 0.25) is 0 Å². The Morgan fingerprint density at radius 3 is 2.57 bits per heavy atom. The van der Waals surface area contributed by atoms with Crippen molar-refractivity contribution in [3.8, 4) is 17.1 Å². The molecule has 5 nitrogen and oxygen atoms in total. The van der Waals surface area contributed by atoms with Gasteiger partial charge in [-0.3, -0.25) is 0 Å². The molecule has 0 N–H and O–H groups in total. The van der Waals surface area contributed by atoms with Gasteiger partial charge in [-0.1, -0.05) is 23.4 Å². The van der Waals surface area contributed by atoms with Crippen LogP contribution in [-0.4, -0.2) is 17.3 Å². The molecule has 0 fully saturated rings. The predicted octanol–water partition coefficient (Wildman–Crippen LogP) is 3.60. The van der Waals surface area contributed by atoms with Crippen LogP contribution < -0.4 is 4.74 Å². The van der Waals surface area contributed by atoms with E-state index >= 15 is 0 Å². The molecule has 0 aliphatic heterocycles. The molecule has 3 aromatic rings. The lowest BCUT2D eigenvalue weighted by molar-refractivity contribution is 0.151. The summed E-state index contributed by atoms with van der Waals surface area (Å²) in [7, 11) is 1.56. The molecular formula is C17H15FN2O3. The lowest BCUT2D eigenvalue weighted by Gasteiger charge is -2.07. The van der Waals surface area contributed by atoms with Crippen LogP contribution in [0.4, 0.5) is 4.39 Å². The summed E-state index contributed by atoms with van der Waals surface area (Å²) in [5, 5.41) is 3.88. The average Bonchev–Trinajstić information content (AvgIpc) is 3.04. The van der Waals surface area contributed by atoms with Gasteiger partial charge in [-0.15, -0.1) is 0 Å². The number of methoxy groups -OCH3 is 1. The van der Waals surface area contributed by atoms with E-state index in [0.29, 0.717) is 23.0 Å². The van der Waals surface area contributed by atoms with Crippen molar-refractivity contribution in [1.29, 1.82) is 0 Å². The number of rotatable bonds is 6. The minimum atomic E-state index is -0.276. The molecule has 0 radical (unpaired) electrons. The Labute approximate surface area is 132 Å². The molecule has 0 aliphatic carbocycles. The smallest absolute Gasteiger partial charge is 0.252 e. The maximum atomic E-state index is 13.5.